The standard InChI is InChI=1S/C27H22N2O3/c1-15(2)11-12-18-23(19-13-28-21-9-5-3-7-16(19)21)26(31)27(32)24(25(18)30)20-14-29-22-10-6-4-8-17(20)22/h3-11,13-14,28-30H,12H2,1-2H3. The van der Waals surface area contributed by atoms with E-state index in [2.05, 4.69) is 9.97 Å². The van der Waals surface area contributed by atoms with Crippen LogP contribution in [-0.4, -0.2) is 26.6 Å². The van der Waals surface area contributed by atoms with Crippen molar-refractivity contribution in [2.24, 2.45) is 0 Å². The molecule has 0 atom stereocenters. The van der Waals surface area contributed by atoms with Gasteiger partial charge in [-0.25, -0.2) is 0 Å². The molecular weight excluding hydrogens is 400 g/mol. The minimum absolute atomic E-state index is 0.0493. The molecule has 158 valence electrons. The van der Waals surface area contributed by atoms with Gasteiger partial charge in [-0.05, 0) is 32.4 Å². The molecule has 32 heavy (non-hydrogen) atoms. The van der Waals surface area contributed by atoms with Crippen molar-refractivity contribution >= 4 is 44.5 Å². The largest absolute Gasteiger partial charge is 0.507 e. The fourth-order valence-electron chi connectivity index (χ4n) is 4.34. The molecule has 2 aromatic heterocycles. The molecule has 5 heteroatoms. The summed E-state index contributed by atoms with van der Waals surface area (Å²) in [7, 11) is 0. The fraction of sp³-hybridized carbons (Fsp3) is 0.111. The van der Waals surface area contributed by atoms with E-state index in [1.54, 1.807) is 12.4 Å². The number of aliphatic hydroxyl groups is 1. The lowest BCUT2D eigenvalue weighted by molar-refractivity contribution is -0.130. The summed E-state index contributed by atoms with van der Waals surface area (Å²) in [6, 6.07) is 15.1. The van der Waals surface area contributed by atoms with Crippen LogP contribution in [0.25, 0.3) is 33.0 Å². The highest BCUT2D eigenvalue weighted by Crippen LogP contribution is 2.40. The monoisotopic (exact) mass is 422 g/mol. The molecular formula is C27H22N2O3. The van der Waals surface area contributed by atoms with Crippen LogP contribution in [0.5, 0.6) is 0 Å². The maximum absolute atomic E-state index is 13.5. The van der Waals surface area contributed by atoms with Gasteiger partial charge < -0.3 is 15.1 Å². The minimum atomic E-state index is -0.700. The number of rotatable bonds is 4. The zero-order chi connectivity index (χ0) is 22.4. The first-order chi connectivity index (χ1) is 15.5. The van der Waals surface area contributed by atoms with Gasteiger partial charge in [-0.2, -0.15) is 0 Å². The summed E-state index contributed by atoms with van der Waals surface area (Å²) in [6.07, 6.45) is 5.71. The van der Waals surface area contributed by atoms with Crippen LogP contribution in [0.4, 0.5) is 0 Å². The smallest absolute Gasteiger partial charge is 0.237 e. The number of aromatic nitrogens is 2. The summed E-state index contributed by atoms with van der Waals surface area (Å²) in [5.41, 5.74) is 4.68. The topological polar surface area (TPSA) is 86.0 Å². The van der Waals surface area contributed by atoms with Crippen molar-refractivity contribution in [2.45, 2.75) is 20.3 Å². The van der Waals surface area contributed by atoms with Gasteiger partial charge in [-0.15, -0.1) is 0 Å². The summed E-state index contributed by atoms with van der Waals surface area (Å²) in [4.78, 5) is 33.2. The number of carbonyl (C=O) groups is 2. The third-order valence-electron chi connectivity index (χ3n) is 5.92. The number of para-hydroxylation sites is 2. The van der Waals surface area contributed by atoms with Crippen LogP contribution in [0.2, 0.25) is 0 Å². The number of H-pyrrole nitrogens is 2. The Labute approximate surface area is 184 Å². The SMILES string of the molecule is CC(C)=CCC1=C(c2c[nH]c3ccccc23)C(=O)C(=O)C(c2c[nH]c3ccccc23)=C1O. The first kappa shape index (κ1) is 19.8. The van der Waals surface area contributed by atoms with E-state index in [9.17, 15) is 14.7 Å². The van der Waals surface area contributed by atoms with Gasteiger partial charge in [0.05, 0.1) is 5.57 Å². The van der Waals surface area contributed by atoms with Crippen molar-refractivity contribution in [3.63, 3.8) is 0 Å². The highest BCUT2D eigenvalue weighted by atomic mass is 16.3. The lowest BCUT2D eigenvalue weighted by atomic mass is 9.81. The van der Waals surface area contributed by atoms with Gasteiger partial charge in [0.2, 0.25) is 11.6 Å². The average Bonchev–Trinajstić information content (AvgIpc) is 3.40. The zero-order valence-corrected chi connectivity index (χ0v) is 17.8. The Morgan fingerprint density at radius 2 is 1.31 bits per heavy atom. The summed E-state index contributed by atoms with van der Waals surface area (Å²) < 4.78 is 0. The number of Topliss-reactive ketones (excluding diaryl/α,β-unsaturated/α-hetero) is 2. The quantitative estimate of drug-likeness (QED) is 0.218. The molecule has 0 unspecified atom stereocenters. The summed E-state index contributed by atoms with van der Waals surface area (Å²) >= 11 is 0. The van der Waals surface area contributed by atoms with Gasteiger partial charge in [0.15, 0.2) is 0 Å². The summed E-state index contributed by atoms with van der Waals surface area (Å²) in [5.74, 6) is -1.45. The molecule has 1 aliphatic carbocycles. The van der Waals surface area contributed by atoms with E-state index in [-0.39, 0.29) is 16.9 Å². The van der Waals surface area contributed by atoms with Crippen LogP contribution in [-0.2, 0) is 9.59 Å². The second-order valence-electron chi connectivity index (χ2n) is 8.22. The van der Waals surface area contributed by atoms with Crippen molar-refractivity contribution in [2.75, 3.05) is 0 Å². The Morgan fingerprint density at radius 1 is 0.812 bits per heavy atom. The van der Waals surface area contributed by atoms with Gasteiger partial charge >= 0.3 is 0 Å². The van der Waals surface area contributed by atoms with Crippen molar-refractivity contribution in [3.8, 4) is 0 Å². The van der Waals surface area contributed by atoms with Crippen molar-refractivity contribution in [1.29, 1.82) is 0 Å². The van der Waals surface area contributed by atoms with Crippen LogP contribution in [0.15, 0.2) is 83.9 Å². The molecule has 0 bridgehead atoms. The lowest BCUT2D eigenvalue weighted by Crippen LogP contribution is -2.25. The number of hydrogen-bond acceptors (Lipinski definition) is 3. The molecule has 0 saturated heterocycles. The van der Waals surface area contributed by atoms with E-state index in [4.69, 9.17) is 0 Å². The van der Waals surface area contributed by atoms with E-state index in [1.165, 1.54) is 0 Å². The Balaban J connectivity index is 1.81. The van der Waals surface area contributed by atoms with E-state index in [0.717, 1.165) is 27.4 Å². The normalized spacial score (nSPS) is 14.7. The first-order valence-corrected chi connectivity index (χ1v) is 10.5. The molecule has 0 aliphatic heterocycles. The molecule has 1 aliphatic rings. The number of ketones is 2. The van der Waals surface area contributed by atoms with E-state index in [0.29, 0.717) is 23.1 Å². The molecule has 0 radical (unpaired) electrons. The second kappa shape index (κ2) is 7.54. The maximum atomic E-state index is 13.5. The molecule has 0 saturated carbocycles. The molecule has 0 fully saturated rings. The molecule has 4 aromatic rings. The van der Waals surface area contributed by atoms with Gasteiger partial charge in [0.1, 0.15) is 5.76 Å². The number of aromatic amines is 2. The van der Waals surface area contributed by atoms with Crippen molar-refractivity contribution in [3.05, 3.63) is 95.0 Å². The number of carbonyl (C=O) groups excluding carboxylic acids is 2. The van der Waals surface area contributed by atoms with Crippen LogP contribution < -0.4 is 0 Å². The molecule has 2 aromatic carbocycles. The predicted molar refractivity (Wildman–Crippen MR) is 127 cm³/mol. The van der Waals surface area contributed by atoms with Crippen LogP contribution in [0.3, 0.4) is 0 Å². The number of benzene rings is 2. The van der Waals surface area contributed by atoms with Crippen molar-refractivity contribution in [1.82, 2.24) is 9.97 Å². The molecule has 0 spiro atoms. The minimum Gasteiger partial charge on any atom is -0.507 e. The number of nitrogens with one attached hydrogen (secondary N) is 2. The lowest BCUT2D eigenvalue weighted by Gasteiger charge is -2.21. The highest BCUT2D eigenvalue weighted by molar-refractivity contribution is 6.67. The third kappa shape index (κ3) is 3.02. The van der Waals surface area contributed by atoms with E-state index >= 15 is 0 Å². The molecule has 2 heterocycles. The highest BCUT2D eigenvalue weighted by Gasteiger charge is 2.37. The van der Waals surface area contributed by atoms with Gasteiger partial charge in [-0.1, -0.05) is 48.0 Å². The molecule has 0 amide bonds. The summed E-state index contributed by atoms with van der Waals surface area (Å²) in [6.45, 7) is 3.92. The average molecular weight is 422 g/mol. The number of allylic oxidation sites excluding steroid dienone is 5. The number of hydrogen-bond donors (Lipinski definition) is 3. The molecule has 5 rings (SSSR count). The van der Waals surface area contributed by atoms with E-state index in [1.807, 2.05) is 68.5 Å². The predicted octanol–water partition coefficient (Wildman–Crippen LogP) is 5.88. The number of aliphatic hydroxyl groups excluding tert-OH is 1. The fourth-order valence-corrected chi connectivity index (χ4v) is 4.34. The summed E-state index contributed by atoms with van der Waals surface area (Å²) in [5, 5.41) is 13.0. The van der Waals surface area contributed by atoms with Crippen LogP contribution in [0, 0.1) is 0 Å². The molecule has 3 N–H and O–H groups in total. The Kier molecular flexibility index (Phi) is 4.67. The Morgan fingerprint density at radius 3 is 1.88 bits per heavy atom. The second-order valence-corrected chi connectivity index (χ2v) is 8.22. The van der Waals surface area contributed by atoms with Crippen LogP contribution >= 0.6 is 0 Å². The van der Waals surface area contributed by atoms with Crippen molar-refractivity contribution < 1.29 is 14.7 Å². The zero-order valence-electron chi connectivity index (χ0n) is 17.8. The van der Waals surface area contributed by atoms with Gasteiger partial charge in [-0.3, -0.25) is 9.59 Å². The van der Waals surface area contributed by atoms with Crippen LogP contribution in [0.1, 0.15) is 31.4 Å². The third-order valence-corrected chi connectivity index (χ3v) is 5.92. The maximum Gasteiger partial charge on any atom is 0.237 e. The van der Waals surface area contributed by atoms with Gasteiger partial charge in [0.25, 0.3) is 0 Å². The number of fused-ring (bicyclic) bond motifs is 2. The van der Waals surface area contributed by atoms with Gasteiger partial charge in [0, 0.05) is 56.5 Å². The van der Waals surface area contributed by atoms with E-state index < -0.39 is 11.6 Å². The first-order valence-electron chi connectivity index (χ1n) is 10.5. The Bertz CT molecular complexity index is 1500. The Hall–Kier alpha value is -4.12. The molecule has 5 nitrogen and oxygen atoms in total.